The Morgan fingerprint density at radius 2 is 2.12 bits per heavy atom. The number of hydrogen-bond acceptors (Lipinski definition) is 10. The van der Waals surface area contributed by atoms with Crippen molar-refractivity contribution in [1.82, 2.24) is 9.55 Å². The monoisotopic (exact) mass is 363 g/mol. The Morgan fingerprint density at radius 1 is 1.46 bits per heavy atom. The topological polar surface area (TPSA) is 226 Å². The van der Waals surface area contributed by atoms with Crippen LogP contribution in [-0.4, -0.2) is 44.7 Å². The summed E-state index contributed by atoms with van der Waals surface area (Å²) in [6, 6.07) is 0.747. The molecule has 15 heteroatoms. The Labute approximate surface area is 131 Å². The summed E-state index contributed by atoms with van der Waals surface area (Å²) >= 11 is 0. The summed E-state index contributed by atoms with van der Waals surface area (Å²) in [5, 5.41) is 22.9. The first-order chi connectivity index (χ1) is 11.1. The van der Waals surface area contributed by atoms with Gasteiger partial charge in [-0.25, -0.2) is 4.79 Å². The molecule has 0 saturated carbocycles. The molecule has 1 aliphatic heterocycles. The maximum Gasteiger partial charge on any atom is 0.330 e. The van der Waals surface area contributed by atoms with Crippen LogP contribution in [0.2, 0.25) is 0 Å². The third-order valence-corrected chi connectivity index (χ3v) is 3.56. The van der Waals surface area contributed by atoms with Crippen molar-refractivity contribution >= 4 is 13.6 Å². The molecule has 0 amide bonds. The number of azide groups is 1. The Hall–Kier alpha value is -2.02. The van der Waals surface area contributed by atoms with E-state index >= 15 is 0 Å². The van der Waals surface area contributed by atoms with Gasteiger partial charge in [-0.15, -0.1) is 0 Å². The van der Waals surface area contributed by atoms with Crippen molar-refractivity contribution in [2.75, 3.05) is 6.61 Å². The van der Waals surface area contributed by atoms with Gasteiger partial charge in [-0.2, -0.15) is 0 Å². The zero-order valence-electron chi connectivity index (χ0n) is 11.6. The van der Waals surface area contributed by atoms with Crippen LogP contribution in [0.1, 0.15) is 6.23 Å². The molecule has 1 aromatic heterocycles. The number of aromatic nitrogens is 2. The number of aliphatic hydroxyl groups excluding tert-OH is 2. The van der Waals surface area contributed by atoms with E-state index in [4.69, 9.17) is 10.3 Å². The molecule has 0 radical (unpaired) electrons. The number of aromatic amines is 1. The average molecular weight is 363 g/mol. The predicted molar refractivity (Wildman–Crippen MR) is 69.6 cm³/mol. The second-order valence-corrected chi connectivity index (χ2v) is 5.80. The third kappa shape index (κ3) is 3.90. The van der Waals surface area contributed by atoms with Crippen LogP contribution in [0.15, 0.2) is 20.8 Å². The van der Waals surface area contributed by atoms with Gasteiger partial charge in [0.15, 0.2) is 6.23 Å². The molecule has 2 heterocycles. The van der Waals surface area contributed by atoms with Gasteiger partial charge in [0.1, 0.15) is 24.1 Å². The normalized spacial score (nSPS) is 27.0. The minimum Gasteiger partial charge on any atom is -0.790 e. The van der Waals surface area contributed by atoms with Gasteiger partial charge in [0, 0.05) is 11.0 Å². The van der Waals surface area contributed by atoms with E-state index in [1.165, 1.54) is 0 Å². The van der Waals surface area contributed by atoms with Gasteiger partial charge in [0.25, 0.3) is 5.56 Å². The van der Waals surface area contributed by atoms with E-state index in [-0.39, 0.29) is 0 Å². The van der Waals surface area contributed by atoms with E-state index in [9.17, 15) is 34.2 Å². The standard InChI is InChI=1S/C9H12N5O9P/c10-13-12-4-1-5(15)11-9(18)14(4)8-7(17)6(16)3(23-8)2-22-24(19,20)21/h1,3,6-8,16-17H,2H2,(H,11,15,18)(H2,19,20,21)/p-2. The van der Waals surface area contributed by atoms with Crippen LogP contribution >= 0.6 is 7.82 Å². The van der Waals surface area contributed by atoms with Crippen LogP contribution in [-0.2, 0) is 13.8 Å². The highest BCUT2D eigenvalue weighted by Gasteiger charge is 2.45. The largest absolute Gasteiger partial charge is 0.790 e. The quantitative estimate of drug-likeness (QED) is 0.208. The number of ether oxygens (including phenoxy) is 1. The number of nitrogens with zero attached hydrogens (tertiary/aromatic N) is 4. The molecular weight excluding hydrogens is 353 g/mol. The number of hydrogen-bond donors (Lipinski definition) is 3. The van der Waals surface area contributed by atoms with Crippen molar-refractivity contribution in [2.24, 2.45) is 5.11 Å². The number of rotatable bonds is 5. The number of aliphatic hydroxyl groups is 2. The van der Waals surface area contributed by atoms with Crippen LogP contribution in [0.4, 0.5) is 5.82 Å². The summed E-state index contributed by atoms with van der Waals surface area (Å²) in [6.45, 7) is -0.909. The highest BCUT2D eigenvalue weighted by Crippen LogP contribution is 2.33. The molecule has 0 aliphatic carbocycles. The first-order valence-corrected chi connectivity index (χ1v) is 7.69. The Balaban J connectivity index is 2.36. The van der Waals surface area contributed by atoms with Gasteiger partial charge in [-0.1, -0.05) is 0 Å². The molecule has 3 N–H and O–H groups in total. The van der Waals surface area contributed by atoms with Crippen molar-refractivity contribution < 1.29 is 33.8 Å². The Morgan fingerprint density at radius 3 is 2.71 bits per heavy atom. The highest BCUT2D eigenvalue weighted by molar-refractivity contribution is 7.43. The first kappa shape index (κ1) is 18.3. The van der Waals surface area contributed by atoms with Gasteiger partial charge < -0.3 is 33.8 Å². The third-order valence-electron chi connectivity index (χ3n) is 3.09. The van der Waals surface area contributed by atoms with Crippen molar-refractivity contribution in [3.05, 3.63) is 37.3 Å². The summed E-state index contributed by atoms with van der Waals surface area (Å²) in [5.41, 5.74) is 6.48. The van der Waals surface area contributed by atoms with Crippen LogP contribution < -0.4 is 21.0 Å². The van der Waals surface area contributed by atoms with Crippen molar-refractivity contribution in [1.29, 1.82) is 0 Å². The van der Waals surface area contributed by atoms with E-state index in [2.05, 4.69) is 14.5 Å². The highest BCUT2D eigenvalue weighted by atomic mass is 31.2. The van der Waals surface area contributed by atoms with E-state index in [0.29, 0.717) is 4.57 Å². The molecule has 1 saturated heterocycles. The fourth-order valence-corrected chi connectivity index (χ4v) is 2.44. The average Bonchev–Trinajstić information content (AvgIpc) is 2.72. The lowest BCUT2D eigenvalue weighted by molar-refractivity contribution is -0.343. The molecule has 14 nitrogen and oxygen atoms in total. The lowest BCUT2D eigenvalue weighted by Crippen LogP contribution is -2.38. The van der Waals surface area contributed by atoms with E-state index in [1.54, 1.807) is 0 Å². The molecule has 4 unspecified atom stereocenters. The van der Waals surface area contributed by atoms with Gasteiger partial charge in [-0.3, -0.25) is 14.3 Å². The predicted octanol–water partition coefficient (Wildman–Crippen LogP) is -3.06. The first-order valence-electron chi connectivity index (χ1n) is 6.23. The lowest BCUT2D eigenvalue weighted by Gasteiger charge is -2.30. The number of nitrogens with one attached hydrogen (secondary N) is 1. The lowest BCUT2D eigenvalue weighted by atomic mass is 10.1. The van der Waals surface area contributed by atoms with Crippen LogP contribution in [0.3, 0.4) is 0 Å². The minimum absolute atomic E-state index is 0.512. The SMILES string of the molecule is [N-]=[N+]=Nc1cc(=O)[nH]c(=O)n1C1OC(COP(=O)([O-])[O-])C(O)C1O. The van der Waals surface area contributed by atoms with Gasteiger partial charge in [-0.05, 0) is 10.6 Å². The Bertz CT molecular complexity index is 823. The summed E-state index contributed by atoms with van der Waals surface area (Å²) in [6.07, 6.45) is -6.60. The number of H-pyrrole nitrogens is 1. The van der Waals surface area contributed by atoms with E-state index in [0.717, 1.165) is 6.07 Å². The molecule has 0 aromatic carbocycles. The van der Waals surface area contributed by atoms with Crippen LogP contribution in [0.25, 0.3) is 10.4 Å². The summed E-state index contributed by atoms with van der Waals surface area (Å²) in [7, 11) is -5.35. The van der Waals surface area contributed by atoms with Crippen molar-refractivity contribution in [3.8, 4) is 0 Å². The van der Waals surface area contributed by atoms with Gasteiger partial charge in [0.2, 0.25) is 0 Å². The molecule has 0 spiro atoms. The van der Waals surface area contributed by atoms with Gasteiger partial charge in [0.05, 0.1) is 14.4 Å². The second kappa shape index (κ2) is 6.84. The van der Waals surface area contributed by atoms with E-state index in [1.807, 2.05) is 4.98 Å². The fourth-order valence-electron chi connectivity index (χ4n) is 2.11. The van der Waals surface area contributed by atoms with Gasteiger partial charge >= 0.3 is 5.69 Å². The molecule has 1 aromatic rings. The zero-order valence-corrected chi connectivity index (χ0v) is 12.5. The molecule has 1 aliphatic rings. The molecule has 1 fully saturated rings. The summed E-state index contributed by atoms with van der Waals surface area (Å²) in [5.74, 6) is -0.512. The zero-order chi connectivity index (χ0) is 18.1. The van der Waals surface area contributed by atoms with Crippen LogP contribution in [0, 0.1) is 0 Å². The van der Waals surface area contributed by atoms with E-state index < -0.39 is 56.0 Å². The number of phosphoric ester groups is 1. The number of phosphoric acid groups is 1. The molecule has 4 atom stereocenters. The Kier molecular flexibility index (Phi) is 5.22. The maximum absolute atomic E-state index is 11.9. The minimum atomic E-state index is -5.35. The molecule has 132 valence electrons. The smallest absolute Gasteiger partial charge is 0.330 e. The second-order valence-electron chi connectivity index (χ2n) is 4.65. The van der Waals surface area contributed by atoms with Crippen molar-refractivity contribution in [2.45, 2.75) is 24.5 Å². The van der Waals surface area contributed by atoms with Crippen molar-refractivity contribution in [3.63, 3.8) is 0 Å². The van der Waals surface area contributed by atoms with Crippen LogP contribution in [0.5, 0.6) is 0 Å². The summed E-state index contributed by atoms with van der Waals surface area (Å²) in [4.78, 5) is 48.3. The maximum atomic E-state index is 11.9. The molecule has 24 heavy (non-hydrogen) atoms. The summed E-state index contributed by atoms with van der Waals surface area (Å²) < 4.78 is 20.1. The molecular formula is C9H10N5O9P-2. The fraction of sp³-hybridized carbons (Fsp3) is 0.556. The molecule has 0 bridgehead atoms. The molecule has 2 rings (SSSR count).